The first-order valence-electron chi connectivity index (χ1n) is 9.07. The minimum atomic E-state index is 0.0955. The number of amides is 1. The zero-order valence-corrected chi connectivity index (χ0v) is 15.7. The molecule has 3 aromatic rings. The fourth-order valence-electron chi connectivity index (χ4n) is 3.64. The van der Waals surface area contributed by atoms with Crippen LogP contribution in [0.5, 0.6) is 0 Å². The average Bonchev–Trinajstić information content (AvgIpc) is 3.41. The molecule has 4 rings (SSSR count). The normalized spacial score (nSPS) is 17.6. The minimum absolute atomic E-state index is 0.0955. The molecule has 1 unspecified atom stereocenters. The van der Waals surface area contributed by atoms with Crippen LogP contribution in [0.3, 0.4) is 0 Å². The van der Waals surface area contributed by atoms with Gasteiger partial charge < -0.3 is 9.47 Å². The molecule has 1 amide bonds. The molecule has 0 bridgehead atoms. The maximum absolute atomic E-state index is 13.2. The highest BCUT2D eigenvalue weighted by Gasteiger charge is 2.29. The maximum atomic E-state index is 13.2. The van der Waals surface area contributed by atoms with E-state index in [1.54, 1.807) is 22.2 Å². The first kappa shape index (κ1) is 17.0. The van der Waals surface area contributed by atoms with Gasteiger partial charge in [0.2, 0.25) is 0 Å². The molecule has 136 valence electrons. The lowest BCUT2D eigenvalue weighted by Gasteiger charge is -2.36. The molecule has 4 heterocycles. The molecule has 0 spiro atoms. The summed E-state index contributed by atoms with van der Waals surface area (Å²) in [7, 11) is 1.86. The van der Waals surface area contributed by atoms with E-state index in [0.717, 1.165) is 42.9 Å². The number of aromatic nitrogens is 4. The van der Waals surface area contributed by atoms with E-state index in [1.807, 2.05) is 43.2 Å². The Labute approximate surface area is 157 Å². The summed E-state index contributed by atoms with van der Waals surface area (Å²) in [6.45, 7) is 1.72. The number of carbonyl (C=O) groups excluding carboxylic acids is 1. The maximum Gasteiger partial charge on any atom is 0.272 e. The number of hydrogen-bond donors (Lipinski definition) is 0. The van der Waals surface area contributed by atoms with Gasteiger partial charge in [-0.2, -0.15) is 5.10 Å². The van der Waals surface area contributed by atoms with Gasteiger partial charge in [-0.3, -0.25) is 9.48 Å². The number of carbonyl (C=O) groups is 1. The van der Waals surface area contributed by atoms with E-state index in [-0.39, 0.29) is 11.9 Å². The fraction of sp³-hybridized carbons (Fsp3) is 0.421. The van der Waals surface area contributed by atoms with E-state index in [1.165, 1.54) is 6.42 Å². The third kappa shape index (κ3) is 3.44. The number of piperidine rings is 1. The van der Waals surface area contributed by atoms with Gasteiger partial charge in [-0.25, -0.2) is 4.98 Å². The highest BCUT2D eigenvalue weighted by atomic mass is 32.1. The molecule has 1 aliphatic rings. The van der Waals surface area contributed by atoms with E-state index in [4.69, 9.17) is 0 Å². The number of rotatable bonds is 5. The van der Waals surface area contributed by atoms with Crippen molar-refractivity contribution in [3.05, 3.63) is 48.0 Å². The SMILES string of the molecule is Cn1nc(-c2cccs2)cc1C(=O)N1CCCCC1CCn1ccnc1. The summed E-state index contributed by atoms with van der Waals surface area (Å²) in [5.41, 5.74) is 1.54. The highest BCUT2D eigenvalue weighted by Crippen LogP contribution is 2.26. The quantitative estimate of drug-likeness (QED) is 0.692. The Balaban J connectivity index is 1.51. The predicted octanol–water partition coefficient (Wildman–Crippen LogP) is 3.43. The van der Waals surface area contributed by atoms with Crippen molar-refractivity contribution in [2.45, 2.75) is 38.3 Å². The van der Waals surface area contributed by atoms with Crippen molar-refractivity contribution in [1.82, 2.24) is 24.2 Å². The molecular formula is C19H23N5OS. The van der Waals surface area contributed by atoms with Gasteiger partial charge in [0.15, 0.2) is 0 Å². The molecule has 0 aromatic carbocycles. The van der Waals surface area contributed by atoms with E-state index in [0.29, 0.717) is 5.69 Å². The van der Waals surface area contributed by atoms with Gasteiger partial charge in [0.05, 0.1) is 11.2 Å². The van der Waals surface area contributed by atoms with Gasteiger partial charge in [0, 0.05) is 38.6 Å². The lowest BCUT2D eigenvalue weighted by atomic mass is 9.98. The standard InChI is InChI=1S/C19H23N5OS/c1-22-17(13-16(21-22)18-6-4-12-26-18)19(25)24-9-3-2-5-15(24)7-10-23-11-8-20-14-23/h4,6,8,11-15H,2-3,5,7,9-10H2,1H3. The Morgan fingerprint density at radius 3 is 3.08 bits per heavy atom. The minimum Gasteiger partial charge on any atom is -0.337 e. The van der Waals surface area contributed by atoms with Gasteiger partial charge in [-0.05, 0) is 43.2 Å². The van der Waals surface area contributed by atoms with Crippen molar-refractivity contribution >= 4 is 17.2 Å². The molecule has 0 N–H and O–H groups in total. The van der Waals surface area contributed by atoms with Crippen LogP contribution in [0.4, 0.5) is 0 Å². The number of hydrogen-bond acceptors (Lipinski definition) is 4. The molecule has 0 radical (unpaired) electrons. The van der Waals surface area contributed by atoms with E-state index >= 15 is 0 Å². The van der Waals surface area contributed by atoms with Gasteiger partial charge in [0.25, 0.3) is 5.91 Å². The van der Waals surface area contributed by atoms with Crippen LogP contribution in [-0.2, 0) is 13.6 Å². The second kappa shape index (κ2) is 7.45. The van der Waals surface area contributed by atoms with Gasteiger partial charge >= 0.3 is 0 Å². The summed E-state index contributed by atoms with van der Waals surface area (Å²) in [6.07, 6.45) is 9.89. The van der Waals surface area contributed by atoms with Gasteiger partial charge in [0.1, 0.15) is 11.4 Å². The third-order valence-corrected chi connectivity index (χ3v) is 5.93. The fourth-order valence-corrected chi connectivity index (χ4v) is 4.33. The molecule has 1 fully saturated rings. The van der Waals surface area contributed by atoms with Crippen LogP contribution >= 0.6 is 11.3 Å². The van der Waals surface area contributed by atoms with Crippen LogP contribution in [0.25, 0.3) is 10.6 Å². The van der Waals surface area contributed by atoms with E-state index < -0.39 is 0 Å². The Bertz CT molecular complexity index is 853. The van der Waals surface area contributed by atoms with Crippen molar-refractivity contribution < 1.29 is 4.79 Å². The Hall–Kier alpha value is -2.41. The summed E-state index contributed by atoms with van der Waals surface area (Å²) >= 11 is 1.64. The van der Waals surface area contributed by atoms with Crippen molar-refractivity contribution in [2.75, 3.05) is 6.54 Å². The number of aryl methyl sites for hydroxylation is 2. The summed E-state index contributed by atoms with van der Waals surface area (Å²) in [6, 6.07) is 6.25. The number of likely N-dealkylation sites (tertiary alicyclic amines) is 1. The summed E-state index contributed by atoms with van der Waals surface area (Å²) in [4.78, 5) is 20.5. The largest absolute Gasteiger partial charge is 0.337 e. The molecule has 7 heteroatoms. The smallest absolute Gasteiger partial charge is 0.272 e. The Morgan fingerprint density at radius 1 is 1.38 bits per heavy atom. The second-order valence-corrected chi connectivity index (χ2v) is 7.70. The van der Waals surface area contributed by atoms with Crippen LogP contribution in [0.1, 0.15) is 36.2 Å². The van der Waals surface area contributed by atoms with Crippen molar-refractivity contribution in [3.63, 3.8) is 0 Å². The zero-order valence-electron chi connectivity index (χ0n) is 14.9. The molecule has 1 aliphatic heterocycles. The Kier molecular flexibility index (Phi) is 4.88. The Morgan fingerprint density at radius 2 is 2.31 bits per heavy atom. The molecule has 0 aliphatic carbocycles. The lowest BCUT2D eigenvalue weighted by Crippen LogP contribution is -2.44. The molecule has 0 saturated carbocycles. The van der Waals surface area contributed by atoms with Crippen LogP contribution in [0.15, 0.2) is 42.3 Å². The third-order valence-electron chi connectivity index (χ3n) is 5.04. The molecule has 3 aromatic heterocycles. The van der Waals surface area contributed by atoms with Crippen molar-refractivity contribution in [1.29, 1.82) is 0 Å². The molecule has 1 saturated heterocycles. The first-order valence-corrected chi connectivity index (χ1v) is 9.95. The van der Waals surface area contributed by atoms with Crippen LogP contribution in [-0.4, -0.2) is 42.7 Å². The number of thiophene rings is 1. The van der Waals surface area contributed by atoms with E-state index in [9.17, 15) is 4.79 Å². The van der Waals surface area contributed by atoms with Crippen LogP contribution in [0, 0.1) is 0 Å². The molecule has 6 nitrogen and oxygen atoms in total. The highest BCUT2D eigenvalue weighted by molar-refractivity contribution is 7.13. The summed E-state index contributed by atoms with van der Waals surface area (Å²) in [5, 5.41) is 6.58. The molecule has 26 heavy (non-hydrogen) atoms. The number of nitrogens with zero attached hydrogens (tertiary/aromatic N) is 5. The first-order chi connectivity index (χ1) is 12.7. The van der Waals surface area contributed by atoms with Gasteiger partial charge in [-0.15, -0.1) is 11.3 Å². The van der Waals surface area contributed by atoms with E-state index in [2.05, 4.69) is 19.5 Å². The average molecular weight is 369 g/mol. The monoisotopic (exact) mass is 369 g/mol. The van der Waals surface area contributed by atoms with Gasteiger partial charge in [-0.1, -0.05) is 6.07 Å². The number of imidazole rings is 1. The summed E-state index contributed by atoms with van der Waals surface area (Å²) in [5.74, 6) is 0.0955. The van der Waals surface area contributed by atoms with Crippen LogP contribution in [0.2, 0.25) is 0 Å². The topological polar surface area (TPSA) is 56.0 Å². The predicted molar refractivity (Wildman–Crippen MR) is 102 cm³/mol. The van der Waals surface area contributed by atoms with Crippen molar-refractivity contribution in [2.24, 2.45) is 7.05 Å². The molecular weight excluding hydrogens is 346 g/mol. The molecule has 1 atom stereocenters. The van der Waals surface area contributed by atoms with Crippen LogP contribution < -0.4 is 0 Å². The zero-order chi connectivity index (χ0) is 17.9. The second-order valence-electron chi connectivity index (χ2n) is 6.75. The van der Waals surface area contributed by atoms with Crippen molar-refractivity contribution in [3.8, 4) is 10.6 Å². The summed E-state index contributed by atoms with van der Waals surface area (Å²) < 4.78 is 3.80. The lowest BCUT2D eigenvalue weighted by molar-refractivity contribution is 0.0584.